The molecule has 0 aliphatic carbocycles. The zero-order valence-corrected chi connectivity index (χ0v) is 16.9. The Balaban J connectivity index is 3.60. The molecule has 0 saturated heterocycles. The maximum absolute atomic E-state index is 12.6. The molecule has 1 rings (SSSR count). The van der Waals surface area contributed by atoms with Crippen molar-refractivity contribution in [1.29, 1.82) is 0 Å². The van der Waals surface area contributed by atoms with Crippen molar-refractivity contribution in [3.05, 3.63) is 17.5 Å². The third-order valence-corrected chi connectivity index (χ3v) is 6.51. The minimum atomic E-state index is -5.81. The van der Waals surface area contributed by atoms with Gasteiger partial charge in [0.1, 0.15) is 0 Å². The van der Waals surface area contributed by atoms with Gasteiger partial charge in [0.2, 0.25) is 0 Å². The van der Waals surface area contributed by atoms with Crippen molar-refractivity contribution < 1.29 is 25.8 Å². The molecule has 5 nitrogen and oxygen atoms in total. The fraction of sp³-hybridized carbons (Fsp3) is 0.765. The highest BCUT2D eigenvalue weighted by Crippen LogP contribution is 2.40. The monoisotopic (exact) mass is 396 g/mol. The third-order valence-electron chi connectivity index (χ3n) is 5.58. The molecule has 26 heavy (non-hydrogen) atoms. The minimum Gasteiger partial charge on any atom is -0.337 e. The van der Waals surface area contributed by atoms with Gasteiger partial charge in [-0.15, -0.1) is 0 Å². The molecule has 0 saturated carbocycles. The molecule has 1 aromatic rings. The van der Waals surface area contributed by atoms with E-state index in [9.17, 15) is 21.6 Å². The molecule has 0 spiro atoms. The Morgan fingerprint density at radius 3 is 1.81 bits per heavy atom. The van der Waals surface area contributed by atoms with Crippen molar-refractivity contribution in [2.45, 2.75) is 83.6 Å². The maximum Gasteiger partial charge on any atom is 0.534 e. The van der Waals surface area contributed by atoms with Crippen molar-refractivity contribution >= 4 is 10.1 Å². The highest BCUT2D eigenvalue weighted by atomic mass is 32.2. The second kappa shape index (κ2) is 7.70. The van der Waals surface area contributed by atoms with Gasteiger partial charge >= 0.3 is 21.6 Å². The van der Waals surface area contributed by atoms with Crippen molar-refractivity contribution in [3.63, 3.8) is 0 Å². The molecule has 0 aliphatic heterocycles. The first-order chi connectivity index (χ1) is 11.8. The van der Waals surface area contributed by atoms with Crippen molar-refractivity contribution in [1.82, 2.24) is 9.97 Å². The van der Waals surface area contributed by atoms with Gasteiger partial charge in [-0.1, -0.05) is 41.5 Å². The Hall–Kier alpha value is -1.38. The zero-order chi connectivity index (χ0) is 20.4. The van der Waals surface area contributed by atoms with E-state index in [2.05, 4.69) is 14.2 Å². The van der Waals surface area contributed by atoms with Crippen LogP contribution in [0.15, 0.2) is 6.20 Å². The molecule has 0 N–H and O–H groups in total. The molecule has 0 aromatic carbocycles. The van der Waals surface area contributed by atoms with E-state index in [0.29, 0.717) is 18.5 Å². The Morgan fingerprint density at radius 1 is 0.962 bits per heavy atom. The molecule has 0 radical (unpaired) electrons. The van der Waals surface area contributed by atoms with Crippen LogP contribution in [-0.4, -0.2) is 23.9 Å². The number of aromatic nitrogens is 2. The van der Waals surface area contributed by atoms with E-state index in [1.807, 2.05) is 41.5 Å². The van der Waals surface area contributed by atoms with Gasteiger partial charge in [-0.05, 0) is 36.7 Å². The largest absolute Gasteiger partial charge is 0.534 e. The van der Waals surface area contributed by atoms with Crippen LogP contribution >= 0.6 is 0 Å². The standard InChI is InChI=1S/C17H27F3N2O3S/c1-7-15(5,8-2)12-11-21-14(25-26(23,24)17(18,19)20)22-13(12)16(6,9-3)10-4/h11H,7-10H2,1-6H3. The average molecular weight is 396 g/mol. The van der Waals surface area contributed by atoms with E-state index in [1.54, 1.807) is 0 Å². The predicted molar refractivity (Wildman–Crippen MR) is 93.5 cm³/mol. The fourth-order valence-electron chi connectivity index (χ4n) is 2.67. The summed E-state index contributed by atoms with van der Waals surface area (Å²) in [6.45, 7) is 11.9. The van der Waals surface area contributed by atoms with Gasteiger partial charge < -0.3 is 4.18 Å². The number of hydrogen-bond donors (Lipinski definition) is 0. The summed E-state index contributed by atoms with van der Waals surface area (Å²) < 4.78 is 64.5. The molecular weight excluding hydrogens is 369 g/mol. The van der Waals surface area contributed by atoms with E-state index < -0.39 is 27.1 Å². The van der Waals surface area contributed by atoms with E-state index in [0.717, 1.165) is 18.4 Å². The summed E-state index contributed by atoms with van der Waals surface area (Å²) in [5.41, 5.74) is -4.90. The van der Waals surface area contributed by atoms with Crippen LogP contribution in [0.25, 0.3) is 0 Å². The molecule has 0 unspecified atom stereocenters. The van der Waals surface area contributed by atoms with Gasteiger partial charge in [0.25, 0.3) is 0 Å². The lowest BCUT2D eigenvalue weighted by Gasteiger charge is -2.35. The SMILES string of the molecule is CCC(C)(CC)c1cnc(OS(=O)(=O)C(F)(F)F)nc1C(C)(CC)CC. The number of hydrogen-bond acceptors (Lipinski definition) is 5. The molecule has 9 heteroatoms. The second-order valence-electron chi connectivity index (χ2n) is 6.93. The Morgan fingerprint density at radius 2 is 1.42 bits per heavy atom. The highest BCUT2D eigenvalue weighted by Gasteiger charge is 2.49. The van der Waals surface area contributed by atoms with Crippen molar-refractivity contribution in [2.24, 2.45) is 0 Å². The van der Waals surface area contributed by atoms with Crippen LogP contribution in [0.2, 0.25) is 0 Å². The number of alkyl halides is 3. The lowest BCUT2D eigenvalue weighted by molar-refractivity contribution is -0.0503. The van der Waals surface area contributed by atoms with Gasteiger partial charge in [-0.25, -0.2) is 4.98 Å². The molecule has 0 atom stereocenters. The Labute approximate surface area is 153 Å². The van der Waals surface area contributed by atoms with Crippen LogP contribution in [0.5, 0.6) is 6.01 Å². The van der Waals surface area contributed by atoms with Crippen molar-refractivity contribution in [2.75, 3.05) is 0 Å². The van der Waals surface area contributed by atoms with E-state index >= 15 is 0 Å². The molecule has 0 amide bonds. The van der Waals surface area contributed by atoms with E-state index in [-0.39, 0.29) is 5.41 Å². The first-order valence-corrected chi connectivity index (χ1v) is 10.1. The number of rotatable bonds is 8. The van der Waals surface area contributed by atoms with Crippen LogP contribution in [0, 0.1) is 0 Å². The smallest absolute Gasteiger partial charge is 0.337 e. The first-order valence-electron chi connectivity index (χ1n) is 8.69. The van der Waals surface area contributed by atoms with Crippen molar-refractivity contribution in [3.8, 4) is 6.01 Å². The fourth-order valence-corrected chi connectivity index (χ4v) is 3.04. The van der Waals surface area contributed by atoms with Gasteiger partial charge in [-0.2, -0.15) is 26.6 Å². The van der Waals surface area contributed by atoms with E-state index in [1.165, 1.54) is 6.20 Å². The number of nitrogens with zero attached hydrogens (tertiary/aromatic N) is 2. The van der Waals surface area contributed by atoms with Gasteiger partial charge in [0, 0.05) is 11.6 Å². The van der Waals surface area contributed by atoms with Crippen LogP contribution in [0.4, 0.5) is 13.2 Å². The minimum absolute atomic E-state index is 0.275. The van der Waals surface area contributed by atoms with Gasteiger partial charge in [0.15, 0.2) is 0 Å². The zero-order valence-electron chi connectivity index (χ0n) is 16.1. The quantitative estimate of drug-likeness (QED) is 0.464. The summed E-state index contributed by atoms with van der Waals surface area (Å²) in [7, 11) is -5.81. The Bertz CT molecular complexity index is 725. The average Bonchev–Trinajstić information content (AvgIpc) is 2.59. The third kappa shape index (κ3) is 4.29. The Kier molecular flexibility index (Phi) is 6.71. The topological polar surface area (TPSA) is 69.2 Å². The molecular formula is C17H27F3N2O3S. The number of halogens is 3. The second-order valence-corrected chi connectivity index (χ2v) is 8.47. The lowest BCUT2D eigenvalue weighted by atomic mass is 9.71. The molecule has 0 aliphatic rings. The lowest BCUT2D eigenvalue weighted by Crippen LogP contribution is -2.32. The molecule has 1 aromatic heterocycles. The molecule has 150 valence electrons. The van der Waals surface area contributed by atoms with Crippen LogP contribution in [0.1, 0.15) is 78.5 Å². The van der Waals surface area contributed by atoms with Crippen LogP contribution in [-0.2, 0) is 20.9 Å². The molecule has 0 bridgehead atoms. The van der Waals surface area contributed by atoms with E-state index in [4.69, 9.17) is 0 Å². The van der Waals surface area contributed by atoms with Gasteiger partial charge in [0.05, 0.1) is 5.69 Å². The maximum atomic E-state index is 12.6. The molecule has 0 fully saturated rings. The summed E-state index contributed by atoms with van der Waals surface area (Å²) in [5.74, 6) is 0. The summed E-state index contributed by atoms with van der Waals surface area (Å²) in [4.78, 5) is 7.90. The van der Waals surface area contributed by atoms with Crippen LogP contribution < -0.4 is 4.18 Å². The summed E-state index contributed by atoms with van der Waals surface area (Å²) in [5, 5.41) is 0. The summed E-state index contributed by atoms with van der Waals surface area (Å²) >= 11 is 0. The predicted octanol–water partition coefficient (Wildman–Crippen LogP) is 4.86. The van der Waals surface area contributed by atoms with Gasteiger partial charge in [-0.3, -0.25) is 0 Å². The summed E-state index contributed by atoms with van der Waals surface area (Å²) in [6.07, 6.45) is 4.33. The summed E-state index contributed by atoms with van der Waals surface area (Å²) in [6, 6.07) is -0.802. The first kappa shape index (κ1) is 22.7. The normalized spacial score (nSPS) is 13.7. The van der Waals surface area contributed by atoms with Crippen LogP contribution in [0.3, 0.4) is 0 Å². The molecule has 1 heterocycles. The highest BCUT2D eigenvalue weighted by molar-refractivity contribution is 7.87.